The molecule has 120 valence electrons. The second-order valence-corrected chi connectivity index (χ2v) is 6.63. The summed E-state index contributed by atoms with van der Waals surface area (Å²) in [5, 5.41) is 0. The van der Waals surface area contributed by atoms with Gasteiger partial charge in [-0.15, -0.1) is 0 Å². The molecule has 1 nitrogen and oxygen atoms in total. The first-order chi connectivity index (χ1) is 11.3. The maximum absolute atomic E-state index is 2.40. The van der Waals surface area contributed by atoms with E-state index < -0.39 is 0 Å². The average Bonchev–Trinajstić information content (AvgIpc) is 2.82. The van der Waals surface area contributed by atoms with Crippen LogP contribution in [0.5, 0.6) is 0 Å². The minimum atomic E-state index is 0.985. The van der Waals surface area contributed by atoms with Crippen LogP contribution < -0.4 is 0 Å². The Bertz CT molecular complexity index is 642. The number of rotatable bonds is 5. The van der Waals surface area contributed by atoms with Crippen molar-refractivity contribution in [2.75, 3.05) is 13.6 Å². The first kappa shape index (κ1) is 16.0. The largest absolute Gasteiger partial charge is 0.298 e. The smallest absolute Gasteiger partial charge is 0.0236 e. The van der Waals surface area contributed by atoms with Gasteiger partial charge in [0.15, 0.2) is 0 Å². The molecule has 0 atom stereocenters. The van der Waals surface area contributed by atoms with Gasteiger partial charge in [0.1, 0.15) is 0 Å². The molecule has 1 aliphatic rings. The van der Waals surface area contributed by atoms with Crippen LogP contribution in [0.15, 0.2) is 54.6 Å². The number of hydrogen-bond donors (Lipinski definition) is 0. The maximum atomic E-state index is 2.40. The third kappa shape index (κ3) is 4.56. The van der Waals surface area contributed by atoms with Crippen molar-refractivity contribution >= 4 is 6.08 Å². The van der Waals surface area contributed by atoms with E-state index in [1.807, 2.05) is 0 Å². The quantitative estimate of drug-likeness (QED) is 0.695. The summed E-state index contributed by atoms with van der Waals surface area (Å²) in [6.07, 6.45) is 11.1. The third-order valence-corrected chi connectivity index (χ3v) is 4.71. The molecule has 2 aromatic rings. The van der Waals surface area contributed by atoms with Crippen LogP contribution in [0.4, 0.5) is 0 Å². The van der Waals surface area contributed by atoms with Crippen molar-refractivity contribution in [3.8, 4) is 0 Å². The monoisotopic (exact) mass is 305 g/mol. The van der Waals surface area contributed by atoms with Gasteiger partial charge >= 0.3 is 0 Å². The van der Waals surface area contributed by atoms with Gasteiger partial charge in [-0.2, -0.15) is 0 Å². The van der Waals surface area contributed by atoms with Crippen molar-refractivity contribution in [2.24, 2.45) is 0 Å². The summed E-state index contributed by atoms with van der Waals surface area (Å²) in [5.41, 5.74) is 6.02. The molecular formula is C22H27N. The van der Waals surface area contributed by atoms with Gasteiger partial charge in [-0.1, -0.05) is 67.1 Å². The topological polar surface area (TPSA) is 3.24 Å². The molecule has 0 N–H and O–H groups in total. The van der Waals surface area contributed by atoms with Crippen LogP contribution in [-0.2, 0) is 19.4 Å². The van der Waals surface area contributed by atoms with E-state index in [1.54, 1.807) is 11.1 Å². The van der Waals surface area contributed by atoms with E-state index in [1.165, 1.54) is 43.2 Å². The van der Waals surface area contributed by atoms with Crippen molar-refractivity contribution in [1.29, 1.82) is 0 Å². The van der Waals surface area contributed by atoms with Gasteiger partial charge in [0.25, 0.3) is 0 Å². The number of aryl methyl sites for hydroxylation is 1. The molecule has 0 saturated carbocycles. The zero-order valence-corrected chi connectivity index (χ0v) is 14.2. The molecular weight excluding hydrogens is 278 g/mol. The fourth-order valence-electron chi connectivity index (χ4n) is 3.47. The van der Waals surface area contributed by atoms with E-state index in [4.69, 9.17) is 0 Å². The zero-order valence-electron chi connectivity index (χ0n) is 14.2. The van der Waals surface area contributed by atoms with Gasteiger partial charge in [-0.25, -0.2) is 0 Å². The fraction of sp³-hybridized carbons (Fsp3) is 0.364. The molecule has 1 aliphatic carbocycles. The summed E-state index contributed by atoms with van der Waals surface area (Å²) in [6.45, 7) is 2.03. The Kier molecular flexibility index (Phi) is 5.65. The van der Waals surface area contributed by atoms with Gasteiger partial charge < -0.3 is 0 Å². The van der Waals surface area contributed by atoms with E-state index >= 15 is 0 Å². The molecule has 0 saturated heterocycles. The van der Waals surface area contributed by atoms with Crippen LogP contribution in [0.1, 0.15) is 41.5 Å². The highest BCUT2D eigenvalue weighted by Gasteiger charge is 2.12. The number of likely N-dealkylation sites (N-methyl/N-ethyl adjacent to an activating group) is 1. The van der Waals surface area contributed by atoms with E-state index in [-0.39, 0.29) is 0 Å². The lowest BCUT2D eigenvalue weighted by molar-refractivity contribution is 0.362. The van der Waals surface area contributed by atoms with E-state index in [2.05, 4.69) is 72.6 Å². The van der Waals surface area contributed by atoms with Gasteiger partial charge in [-0.3, -0.25) is 4.90 Å². The van der Waals surface area contributed by atoms with E-state index in [0.717, 1.165) is 13.1 Å². The molecule has 0 spiro atoms. The highest BCUT2D eigenvalue weighted by Crippen LogP contribution is 2.24. The molecule has 2 aromatic carbocycles. The molecule has 0 amide bonds. The summed E-state index contributed by atoms with van der Waals surface area (Å²) in [4.78, 5) is 2.40. The van der Waals surface area contributed by atoms with Gasteiger partial charge in [-0.05, 0) is 55.0 Å². The molecule has 0 bridgehead atoms. The lowest BCUT2D eigenvalue weighted by atomic mass is 9.97. The van der Waals surface area contributed by atoms with Crippen molar-refractivity contribution in [3.63, 3.8) is 0 Å². The SMILES string of the molecule is CN(CC=Cc1ccccc1)Cc1cccc2c1CCCCC2. The standard InChI is InChI=1S/C22H27N/c1-23(17-9-12-19-10-4-2-5-11-19)18-21-15-8-14-20-13-6-3-7-16-22(20)21/h2,4-5,8-12,14-15H,3,6-7,13,16-18H2,1H3. The Morgan fingerprint density at radius 2 is 1.74 bits per heavy atom. The molecule has 0 unspecified atom stereocenters. The van der Waals surface area contributed by atoms with Gasteiger partial charge in [0.05, 0.1) is 0 Å². The van der Waals surface area contributed by atoms with Crippen molar-refractivity contribution in [2.45, 2.75) is 38.6 Å². The van der Waals surface area contributed by atoms with Crippen LogP contribution in [-0.4, -0.2) is 18.5 Å². The lowest BCUT2D eigenvalue weighted by Crippen LogP contribution is -2.19. The Balaban J connectivity index is 1.62. The minimum Gasteiger partial charge on any atom is -0.298 e. The molecule has 1 heteroatoms. The van der Waals surface area contributed by atoms with Crippen molar-refractivity contribution in [3.05, 3.63) is 76.9 Å². The Morgan fingerprint density at radius 1 is 0.913 bits per heavy atom. The van der Waals surface area contributed by atoms with Crippen LogP contribution in [0.2, 0.25) is 0 Å². The third-order valence-electron chi connectivity index (χ3n) is 4.71. The molecule has 0 fully saturated rings. The Hall–Kier alpha value is -1.86. The zero-order chi connectivity index (χ0) is 15.9. The molecule has 0 heterocycles. The summed E-state index contributed by atoms with van der Waals surface area (Å²) >= 11 is 0. The van der Waals surface area contributed by atoms with Crippen molar-refractivity contribution in [1.82, 2.24) is 4.90 Å². The minimum absolute atomic E-state index is 0.985. The fourth-order valence-corrected chi connectivity index (χ4v) is 3.47. The molecule has 0 aromatic heterocycles. The summed E-state index contributed by atoms with van der Waals surface area (Å²) in [6, 6.07) is 17.4. The summed E-state index contributed by atoms with van der Waals surface area (Å²) in [7, 11) is 2.21. The predicted molar refractivity (Wildman–Crippen MR) is 99.5 cm³/mol. The van der Waals surface area contributed by atoms with E-state index in [0.29, 0.717) is 0 Å². The maximum Gasteiger partial charge on any atom is 0.0236 e. The first-order valence-corrected chi connectivity index (χ1v) is 8.83. The summed E-state index contributed by atoms with van der Waals surface area (Å²) < 4.78 is 0. The Labute approximate surface area is 140 Å². The van der Waals surface area contributed by atoms with E-state index in [9.17, 15) is 0 Å². The van der Waals surface area contributed by atoms with Gasteiger partial charge in [0.2, 0.25) is 0 Å². The lowest BCUT2D eigenvalue weighted by Gasteiger charge is -2.19. The number of hydrogen-bond acceptors (Lipinski definition) is 1. The summed E-state index contributed by atoms with van der Waals surface area (Å²) in [5.74, 6) is 0. The molecule has 0 aliphatic heterocycles. The number of benzene rings is 2. The van der Waals surface area contributed by atoms with Crippen LogP contribution in [0.3, 0.4) is 0 Å². The molecule has 0 radical (unpaired) electrons. The van der Waals surface area contributed by atoms with Crippen molar-refractivity contribution < 1.29 is 0 Å². The van der Waals surface area contributed by atoms with Gasteiger partial charge in [0, 0.05) is 13.1 Å². The van der Waals surface area contributed by atoms with Crippen LogP contribution in [0.25, 0.3) is 6.08 Å². The predicted octanol–water partition coefficient (Wildman–Crippen LogP) is 5.10. The first-order valence-electron chi connectivity index (χ1n) is 8.83. The second kappa shape index (κ2) is 8.12. The average molecular weight is 305 g/mol. The van der Waals surface area contributed by atoms with Crippen LogP contribution >= 0.6 is 0 Å². The van der Waals surface area contributed by atoms with Crippen LogP contribution in [0, 0.1) is 0 Å². The highest BCUT2D eigenvalue weighted by atomic mass is 15.1. The highest BCUT2D eigenvalue weighted by molar-refractivity contribution is 5.48. The Morgan fingerprint density at radius 3 is 2.61 bits per heavy atom. The number of nitrogens with zero attached hydrogens (tertiary/aromatic N) is 1. The molecule has 3 rings (SSSR count). The molecule has 23 heavy (non-hydrogen) atoms. The normalized spacial score (nSPS) is 14.9. The number of fused-ring (bicyclic) bond motifs is 1. The second-order valence-electron chi connectivity index (χ2n) is 6.63.